The van der Waals surface area contributed by atoms with E-state index in [1.165, 1.54) is 4.31 Å². The molecule has 0 atom stereocenters. The molecule has 30 heavy (non-hydrogen) atoms. The van der Waals surface area contributed by atoms with E-state index in [1.807, 2.05) is 30.3 Å². The maximum atomic E-state index is 13.5. The maximum Gasteiger partial charge on any atom is 0.417 e. The number of anilines is 1. The van der Waals surface area contributed by atoms with E-state index < -0.39 is 21.2 Å². The summed E-state index contributed by atoms with van der Waals surface area (Å²) in [5.74, 6) is -0.716. The zero-order valence-electron chi connectivity index (χ0n) is 16.6. The number of carbonyl (C=O) groups excluding carboxylic acids is 1. The molecular formula is C21H23N3O5S. The summed E-state index contributed by atoms with van der Waals surface area (Å²) in [5.41, 5.74) is 1.45. The summed E-state index contributed by atoms with van der Waals surface area (Å²) >= 11 is 0. The molecule has 1 fully saturated rings. The number of hydrogen-bond donors (Lipinski definition) is 2. The number of amides is 1. The highest BCUT2D eigenvalue weighted by molar-refractivity contribution is 7.89. The van der Waals surface area contributed by atoms with Gasteiger partial charge in [0.1, 0.15) is 0 Å². The third kappa shape index (κ3) is 3.66. The number of hydrogen-bond acceptors (Lipinski definition) is 5. The van der Waals surface area contributed by atoms with Crippen molar-refractivity contribution >= 4 is 32.7 Å². The van der Waals surface area contributed by atoms with E-state index in [-0.39, 0.29) is 24.7 Å². The lowest BCUT2D eigenvalue weighted by Gasteiger charge is -2.40. The Balaban J connectivity index is 1.64. The fourth-order valence-electron chi connectivity index (χ4n) is 4.01. The number of piperidine rings is 1. The summed E-state index contributed by atoms with van der Waals surface area (Å²) < 4.78 is 31.0. The fraction of sp³-hybridized carbons (Fsp3) is 0.333. The van der Waals surface area contributed by atoms with Crippen molar-refractivity contribution < 1.29 is 17.6 Å². The topological polar surface area (TPSA) is 112 Å². The molecule has 2 aromatic carbocycles. The van der Waals surface area contributed by atoms with Gasteiger partial charge in [-0.05, 0) is 43.5 Å². The van der Waals surface area contributed by atoms with Gasteiger partial charge in [0.25, 0.3) is 0 Å². The van der Waals surface area contributed by atoms with Crippen LogP contribution in [-0.4, -0.2) is 42.5 Å². The SMILES string of the molecule is CCS(=O)(=O)N1CCC(C(=O)Nc2ccc3oc(=O)[nH]c3c2)(c2ccccc2)CC1. The van der Waals surface area contributed by atoms with Crippen LogP contribution >= 0.6 is 0 Å². The largest absolute Gasteiger partial charge is 0.417 e. The minimum Gasteiger partial charge on any atom is -0.408 e. The number of oxazole rings is 1. The molecule has 1 aliphatic rings. The van der Waals surface area contributed by atoms with Crippen molar-refractivity contribution in [1.29, 1.82) is 0 Å². The average Bonchev–Trinajstić information content (AvgIpc) is 3.13. The Bertz CT molecular complexity index is 1220. The van der Waals surface area contributed by atoms with E-state index in [2.05, 4.69) is 10.3 Å². The summed E-state index contributed by atoms with van der Waals surface area (Å²) in [6.45, 7) is 2.19. The number of nitrogens with zero attached hydrogens (tertiary/aromatic N) is 1. The molecule has 8 nitrogen and oxygen atoms in total. The normalized spacial score (nSPS) is 17.1. The molecule has 0 bridgehead atoms. The first-order valence-electron chi connectivity index (χ1n) is 9.82. The van der Waals surface area contributed by atoms with Crippen molar-refractivity contribution in [2.24, 2.45) is 0 Å². The summed E-state index contributed by atoms with van der Waals surface area (Å²) in [6, 6.07) is 14.4. The van der Waals surface area contributed by atoms with Crippen molar-refractivity contribution in [3.63, 3.8) is 0 Å². The van der Waals surface area contributed by atoms with E-state index in [4.69, 9.17) is 4.42 Å². The van der Waals surface area contributed by atoms with Gasteiger partial charge in [-0.1, -0.05) is 30.3 Å². The van der Waals surface area contributed by atoms with E-state index in [9.17, 15) is 18.0 Å². The molecule has 4 rings (SSSR count). The summed E-state index contributed by atoms with van der Waals surface area (Å²) in [4.78, 5) is 27.4. The lowest BCUT2D eigenvalue weighted by atomic mass is 9.72. The molecule has 9 heteroatoms. The second-order valence-electron chi connectivity index (χ2n) is 7.43. The molecule has 0 unspecified atom stereocenters. The second-order valence-corrected chi connectivity index (χ2v) is 9.68. The molecular weight excluding hydrogens is 406 g/mol. The number of rotatable bonds is 5. The first kappa shape index (κ1) is 20.4. The molecule has 3 aromatic rings. The van der Waals surface area contributed by atoms with Crippen molar-refractivity contribution in [2.45, 2.75) is 25.2 Å². The number of sulfonamides is 1. The average molecular weight is 429 g/mol. The molecule has 0 aliphatic carbocycles. The van der Waals surface area contributed by atoms with Crippen LogP contribution < -0.4 is 11.1 Å². The first-order chi connectivity index (χ1) is 14.3. The fourth-order valence-corrected chi connectivity index (χ4v) is 5.12. The van der Waals surface area contributed by atoms with Crippen LogP contribution in [-0.2, 0) is 20.2 Å². The van der Waals surface area contributed by atoms with Crippen LogP contribution in [0.4, 0.5) is 5.69 Å². The molecule has 2 heterocycles. The Morgan fingerprint density at radius 3 is 2.53 bits per heavy atom. The van der Waals surface area contributed by atoms with Gasteiger partial charge >= 0.3 is 5.76 Å². The standard InChI is InChI=1S/C21H23N3O5S/c1-2-30(27,28)24-12-10-21(11-13-24,15-6-4-3-5-7-15)19(25)22-16-8-9-18-17(14-16)23-20(26)29-18/h3-9,14H,2,10-13H2,1H3,(H,22,25)(H,23,26). The number of aromatic amines is 1. The minimum absolute atomic E-state index is 0.0421. The number of H-pyrrole nitrogens is 1. The van der Waals surface area contributed by atoms with Crippen molar-refractivity contribution in [3.05, 3.63) is 64.6 Å². The van der Waals surface area contributed by atoms with E-state index in [1.54, 1.807) is 25.1 Å². The number of nitrogens with one attached hydrogen (secondary N) is 2. The van der Waals surface area contributed by atoms with Crippen LogP contribution in [0.15, 0.2) is 57.7 Å². The van der Waals surface area contributed by atoms with Crippen molar-refractivity contribution in [2.75, 3.05) is 24.2 Å². The van der Waals surface area contributed by atoms with Crippen LogP contribution in [0.2, 0.25) is 0 Å². The lowest BCUT2D eigenvalue weighted by Crippen LogP contribution is -2.51. The van der Waals surface area contributed by atoms with Crippen LogP contribution in [0.1, 0.15) is 25.3 Å². The van der Waals surface area contributed by atoms with Gasteiger partial charge < -0.3 is 9.73 Å². The van der Waals surface area contributed by atoms with Crippen LogP contribution in [0, 0.1) is 0 Å². The van der Waals surface area contributed by atoms with Gasteiger partial charge in [-0.25, -0.2) is 17.5 Å². The Morgan fingerprint density at radius 2 is 1.87 bits per heavy atom. The van der Waals surface area contributed by atoms with E-state index in [0.717, 1.165) is 5.56 Å². The Kier molecular flexibility index (Phi) is 5.25. The number of fused-ring (bicyclic) bond motifs is 1. The minimum atomic E-state index is -3.30. The highest BCUT2D eigenvalue weighted by atomic mass is 32.2. The monoisotopic (exact) mass is 429 g/mol. The third-order valence-electron chi connectivity index (χ3n) is 5.77. The van der Waals surface area contributed by atoms with Crippen LogP contribution in [0.5, 0.6) is 0 Å². The van der Waals surface area contributed by atoms with Crippen molar-refractivity contribution in [3.8, 4) is 0 Å². The van der Waals surface area contributed by atoms with Crippen molar-refractivity contribution in [1.82, 2.24) is 9.29 Å². The van der Waals surface area contributed by atoms with Gasteiger partial charge in [0, 0.05) is 18.8 Å². The number of aromatic nitrogens is 1. The highest BCUT2D eigenvalue weighted by Crippen LogP contribution is 2.37. The molecule has 158 valence electrons. The molecule has 1 saturated heterocycles. The van der Waals surface area contributed by atoms with Gasteiger partial charge in [-0.3, -0.25) is 9.78 Å². The van der Waals surface area contributed by atoms with Gasteiger partial charge in [0.2, 0.25) is 15.9 Å². The van der Waals surface area contributed by atoms with Crippen LogP contribution in [0.25, 0.3) is 11.1 Å². The molecule has 0 spiro atoms. The predicted octanol–water partition coefficient (Wildman–Crippen LogP) is 2.44. The lowest BCUT2D eigenvalue weighted by molar-refractivity contribution is -0.123. The van der Waals surface area contributed by atoms with E-state index >= 15 is 0 Å². The summed E-state index contributed by atoms with van der Waals surface area (Å²) in [7, 11) is -3.30. The summed E-state index contributed by atoms with van der Waals surface area (Å²) in [5, 5.41) is 2.95. The Labute approximate surface area is 173 Å². The molecule has 0 saturated carbocycles. The quantitative estimate of drug-likeness (QED) is 0.647. The number of carbonyl (C=O) groups is 1. The van der Waals surface area contributed by atoms with Gasteiger partial charge in [-0.15, -0.1) is 0 Å². The zero-order chi connectivity index (χ0) is 21.4. The maximum absolute atomic E-state index is 13.5. The van der Waals surface area contributed by atoms with E-state index in [0.29, 0.717) is 29.6 Å². The van der Waals surface area contributed by atoms with Crippen LogP contribution in [0.3, 0.4) is 0 Å². The second kappa shape index (κ2) is 7.73. The third-order valence-corrected chi connectivity index (χ3v) is 7.65. The molecule has 1 amide bonds. The molecule has 2 N–H and O–H groups in total. The molecule has 1 aromatic heterocycles. The highest BCUT2D eigenvalue weighted by Gasteiger charge is 2.44. The van der Waals surface area contributed by atoms with Gasteiger partial charge in [0.15, 0.2) is 5.58 Å². The Morgan fingerprint density at radius 1 is 1.17 bits per heavy atom. The summed E-state index contributed by atoms with van der Waals surface area (Å²) in [6.07, 6.45) is 0.764. The Hall–Kier alpha value is -2.91. The molecule has 0 radical (unpaired) electrons. The zero-order valence-corrected chi connectivity index (χ0v) is 17.4. The smallest absolute Gasteiger partial charge is 0.408 e. The number of benzene rings is 2. The first-order valence-corrected chi connectivity index (χ1v) is 11.4. The van der Waals surface area contributed by atoms with Gasteiger partial charge in [0.05, 0.1) is 16.7 Å². The predicted molar refractivity (Wildman–Crippen MR) is 114 cm³/mol. The molecule has 1 aliphatic heterocycles. The van der Waals surface area contributed by atoms with Gasteiger partial charge in [-0.2, -0.15) is 0 Å².